The van der Waals surface area contributed by atoms with Gasteiger partial charge in [-0.25, -0.2) is 4.79 Å². The number of nitrogens with zero attached hydrogens (tertiary/aromatic N) is 1. The molecule has 0 aliphatic carbocycles. The third-order valence-corrected chi connectivity index (χ3v) is 3.69. The third-order valence-electron chi connectivity index (χ3n) is 3.69. The van der Waals surface area contributed by atoms with Gasteiger partial charge in [-0.2, -0.15) is 0 Å². The molecule has 0 spiro atoms. The van der Waals surface area contributed by atoms with Crippen molar-refractivity contribution in [1.82, 2.24) is 10.5 Å². The Labute approximate surface area is 162 Å². The Hall–Kier alpha value is -3.36. The van der Waals surface area contributed by atoms with Crippen LogP contribution in [0, 0.1) is 5.92 Å². The molecule has 9 heteroatoms. The molecule has 0 saturated heterocycles. The second-order valence-corrected chi connectivity index (χ2v) is 6.16. The van der Waals surface area contributed by atoms with Crippen LogP contribution in [0.5, 0.6) is 5.75 Å². The van der Waals surface area contributed by atoms with Crippen LogP contribution >= 0.6 is 0 Å². The Morgan fingerprint density at radius 2 is 1.93 bits per heavy atom. The topological polar surface area (TPSA) is 120 Å². The number of benzene rings is 1. The Morgan fingerprint density at radius 3 is 2.57 bits per heavy atom. The van der Waals surface area contributed by atoms with Gasteiger partial charge in [-0.3, -0.25) is 9.59 Å². The van der Waals surface area contributed by atoms with E-state index < -0.39 is 30.4 Å². The lowest BCUT2D eigenvalue weighted by Crippen LogP contribution is -2.46. The van der Waals surface area contributed by atoms with Crippen LogP contribution in [-0.2, 0) is 14.3 Å². The SMILES string of the molecule is CCOc1ccccc1C(=O)N[C@H](C(=O)OCC(=O)Nc1ccon1)C(C)C. The standard InChI is InChI=1S/C19H23N3O6/c1-4-26-14-8-6-5-7-13(14)18(24)21-17(12(2)3)19(25)27-11-16(23)20-15-9-10-28-22-15/h5-10,12,17H,4,11H2,1-3H3,(H,21,24)(H,20,22,23)/t17-/m0/s1. The highest BCUT2D eigenvalue weighted by molar-refractivity contribution is 5.99. The summed E-state index contributed by atoms with van der Waals surface area (Å²) in [6.45, 7) is 5.22. The monoisotopic (exact) mass is 389 g/mol. The van der Waals surface area contributed by atoms with Crippen LogP contribution in [0.25, 0.3) is 0 Å². The number of nitrogens with one attached hydrogen (secondary N) is 2. The van der Waals surface area contributed by atoms with Crippen LogP contribution in [-0.4, -0.2) is 42.2 Å². The van der Waals surface area contributed by atoms with Gasteiger partial charge >= 0.3 is 5.97 Å². The molecule has 2 N–H and O–H groups in total. The summed E-state index contributed by atoms with van der Waals surface area (Å²) in [5.41, 5.74) is 0.312. The number of carbonyl (C=O) groups is 3. The smallest absolute Gasteiger partial charge is 0.329 e. The number of esters is 1. The fourth-order valence-electron chi connectivity index (χ4n) is 2.33. The summed E-state index contributed by atoms with van der Waals surface area (Å²) in [4.78, 5) is 36.8. The third kappa shape index (κ3) is 5.83. The Bertz CT molecular complexity index is 804. The molecule has 0 saturated carbocycles. The predicted octanol–water partition coefficient (Wildman–Crippen LogP) is 2.01. The lowest BCUT2D eigenvalue weighted by Gasteiger charge is -2.21. The number of carbonyl (C=O) groups excluding carboxylic acids is 3. The van der Waals surface area contributed by atoms with E-state index in [2.05, 4.69) is 20.3 Å². The molecule has 2 amide bonds. The van der Waals surface area contributed by atoms with Gasteiger partial charge in [0.25, 0.3) is 11.8 Å². The molecule has 28 heavy (non-hydrogen) atoms. The first kappa shape index (κ1) is 20.9. The van der Waals surface area contributed by atoms with Crippen LogP contribution < -0.4 is 15.4 Å². The molecule has 2 aromatic rings. The molecule has 0 aliphatic heterocycles. The maximum atomic E-state index is 12.6. The highest BCUT2D eigenvalue weighted by Gasteiger charge is 2.27. The van der Waals surface area contributed by atoms with Gasteiger partial charge in [0.2, 0.25) is 0 Å². The minimum atomic E-state index is -0.929. The zero-order valence-electron chi connectivity index (χ0n) is 15.9. The van der Waals surface area contributed by atoms with E-state index in [1.807, 2.05) is 6.92 Å². The fraction of sp³-hybridized carbons (Fsp3) is 0.368. The first-order chi connectivity index (χ1) is 13.4. The van der Waals surface area contributed by atoms with Crippen molar-refractivity contribution in [2.75, 3.05) is 18.5 Å². The molecule has 0 fully saturated rings. The van der Waals surface area contributed by atoms with Gasteiger partial charge in [0.15, 0.2) is 12.4 Å². The predicted molar refractivity (Wildman–Crippen MR) is 99.8 cm³/mol. The van der Waals surface area contributed by atoms with Gasteiger partial charge in [-0.15, -0.1) is 0 Å². The molecule has 0 bridgehead atoms. The van der Waals surface area contributed by atoms with Crippen molar-refractivity contribution in [3.63, 3.8) is 0 Å². The minimum absolute atomic E-state index is 0.210. The van der Waals surface area contributed by atoms with Gasteiger partial charge in [0.05, 0.1) is 12.2 Å². The average molecular weight is 389 g/mol. The zero-order chi connectivity index (χ0) is 20.5. The molecule has 9 nitrogen and oxygen atoms in total. The van der Waals surface area contributed by atoms with Gasteiger partial charge in [-0.05, 0) is 25.0 Å². The van der Waals surface area contributed by atoms with E-state index in [1.54, 1.807) is 38.1 Å². The zero-order valence-corrected chi connectivity index (χ0v) is 15.9. The van der Waals surface area contributed by atoms with E-state index in [9.17, 15) is 14.4 Å². The second kappa shape index (κ2) is 10.1. The summed E-state index contributed by atoms with van der Waals surface area (Å²) in [6.07, 6.45) is 1.30. The van der Waals surface area contributed by atoms with Crippen molar-refractivity contribution in [2.24, 2.45) is 5.92 Å². The second-order valence-electron chi connectivity index (χ2n) is 6.16. The normalized spacial score (nSPS) is 11.6. The van der Waals surface area contributed by atoms with Gasteiger partial charge in [0.1, 0.15) is 18.1 Å². The van der Waals surface area contributed by atoms with Crippen molar-refractivity contribution in [1.29, 1.82) is 0 Å². The van der Waals surface area contributed by atoms with Crippen molar-refractivity contribution in [2.45, 2.75) is 26.8 Å². The first-order valence-corrected chi connectivity index (χ1v) is 8.82. The summed E-state index contributed by atoms with van der Waals surface area (Å²) in [5.74, 6) is -1.38. The Morgan fingerprint density at radius 1 is 1.18 bits per heavy atom. The number of rotatable bonds is 9. The van der Waals surface area contributed by atoms with E-state index in [-0.39, 0.29) is 11.7 Å². The highest BCUT2D eigenvalue weighted by Crippen LogP contribution is 2.18. The maximum Gasteiger partial charge on any atom is 0.329 e. The summed E-state index contributed by atoms with van der Waals surface area (Å²) >= 11 is 0. The highest BCUT2D eigenvalue weighted by atomic mass is 16.5. The van der Waals surface area contributed by atoms with Gasteiger partial charge in [-0.1, -0.05) is 31.1 Å². The fourth-order valence-corrected chi connectivity index (χ4v) is 2.33. The summed E-state index contributed by atoms with van der Waals surface area (Å²) in [6, 6.07) is 7.26. The van der Waals surface area contributed by atoms with Crippen LogP contribution in [0.3, 0.4) is 0 Å². The lowest BCUT2D eigenvalue weighted by atomic mass is 10.0. The largest absolute Gasteiger partial charge is 0.493 e. The summed E-state index contributed by atoms with van der Waals surface area (Å²) in [5, 5.41) is 8.58. The molecule has 1 heterocycles. The average Bonchev–Trinajstić information content (AvgIpc) is 3.17. The molecule has 0 radical (unpaired) electrons. The van der Waals surface area contributed by atoms with Crippen molar-refractivity contribution in [3.05, 3.63) is 42.2 Å². The van der Waals surface area contributed by atoms with Crippen LogP contribution in [0.4, 0.5) is 5.82 Å². The van der Waals surface area contributed by atoms with Gasteiger partial charge < -0.3 is 24.6 Å². The number of aromatic nitrogens is 1. The van der Waals surface area contributed by atoms with E-state index in [1.165, 1.54) is 12.3 Å². The van der Waals surface area contributed by atoms with Crippen molar-refractivity contribution >= 4 is 23.6 Å². The van der Waals surface area contributed by atoms with Crippen LogP contribution in [0.1, 0.15) is 31.1 Å². The number of amides is 2. The van der Waals surface area contributed by atoms with E-state index in [4.69, 9.17) is 9.47 Å². The van der Waals surface area contributed by atoms with Crippen LogP contribution in [0.15, 0.2) is 41.1 Å². The van der Waals surface area contributed by atoms with E-state index >= 15 is 0 Å². The number of hydrogen-bond donors (Lipinski definition) is 2. The molecule has 150 valence electrons. The summed E-state index contributed by atoms with van der Waals surface area (Å²) < 4.78 is 15.1. The summed E-state index contributed by atoms with van der Waals surface area (Å²) in [7, 11) is 0. The molecule has 0 unspecified atom stereocenters. The van der Waals surface area contributed by atoms with Crippen molar-refractivity contribution in [3.8, 4) is 5.75 Å². The Balaban J connectivity index is 1.97. The molecular weight excluding hydrogens is 366 g/mol. The van der Waals surface area contributed by atoms with E-state index in [0.29, 0.717) is 17.9 Å². The number of anilines is 1. The van der Waals surface area contributed by atoms with Crippen LogP contribution in [0.2, 0.25) is 0 Å². The Kier molecular flexibility index (Phi) is 7.55. The number of hydrogen-bond acceptors (Lipinski definition) is 7. The lowest BCUT2D eigenvalue weighted by molar-refractivity contribution is -0.150. The molecule has 1 aromatic carbocycles. The van der Waals surface area contributed by atoms with E-state index in [0.717, 1.165) is 0 Å². The van der Waals surface area contributed by atoms with Crippen molar-refractivity contribution < 1.29 is 28.4 Å². The molecule has 2 rings (SSSR count). The number of para-hydroxylation sites is 1. The number of ether oxygens (including phenoxy) is 2. The maximum absolute atomic E-state index is 12.6. The van der Waals surface area contributed by atoms with Gasteiger partial charge in [0, 0.05) is 6.07 Å². The molecule has 1 atom stereocenters. The minimum Gasteiger partial charge on any atom is -0.493 e. The molecule has 0 aliphatic rings. The quantitative estimate of drug-likeness (QED) is 0.630. The molecule has 1 aromatic heterocycles. The molecular formula is C19H23N3O6. The first-order valence-electron chi connectivity index (χ1n) is 8.82.